The summed E-state index contributed by atoms with van der Waals surface area (Å²) >= 11 is 0.999. The quantitative estimate of drug-likeness (QED) is 0.546. The molecule has 1 heterocycles. The first kappa shape index (κ1) is 15.7. The van der Waals surface area contributed by atoms with Crippen molar-refractivity contribution in [2.24, 2.45) is 5.92 Å². The van der Waals surface area contributed by atoms with Crippen LogP contribution in [0.4, 0.5) is 17.6 Å². The summed E-state index contributed by atoms with van der Waals surface area (Å²) < 4.78 is 51.8. The van der Waals surface area contributed by atoms with Gasteiger partial charge in [-0.1, -0.05) is 13.8 Å². The summed E-state index contributed by atoms with van der Waals surface area (Å²) in [6, 6.07) is 5.25. The zero-order valence-corrected chi connectivity index (χ0v) is 12.1. The largest absolute Gasteiger partial charge is 0.416 e. The van der Waals surface area contributed by atoms with Crippen LogP contribution in [0.5, 0.6) is 0 Å². The van der Waals surface area contributed by atoms with Gasteiger partial charge in [0.15, 0.2) is 5.78 Å². The zero-order chi connectivity index (χ0) is 15.8. The Bertz CT molecular complexity index is 671. The van der Waals surface area contributed by atoms with Crippen molar-refractivity contribution in [1.29, 1.82) is 0 Å². The van der Waals surface area contributed by atoms with Gasteiger partial charge in [-0.05, 0) is 30.3 Å². The fourth-order valence-corrected chi connectivity index (χ4v) is 2.90. The Morgan fingerprint density at radius 1 is 1.14 bits per heavy atom. The van der Waals surface area contributed by atoms with Crippen molar-refractivity contribution in [3.63, 3.8) is 0 Å². The third kappa shape index (κ3) is 3.32. The molecule has 0 aliphatic heterocycles. The lowest BCUT2D eigenvalue weighted by atomic mass is 10.1. The van der Waals surface area contributed by atoms with Gasteiger partial charge in [-0.2, -0.15) is 13.2 Å². The summed E-state index contributed by atoms with van der Waals surface area (Å²) in [5.41, 5.74) is -1.05. The van der Waals surface area contributed by atoms with Crippen molar-refractivity contribution in [3.8, 4) is 10.4 Å². The van der Waals surface area contributed by atoms with E-state index >= 15 is 0 Å². The van der Waals surface area contributed by atoms with E-state index in [1.165, 1.54) is 12.1 Å². The molecule has 0 saturated heterocycles. The highest BCUT2D eigenvalue weighted by atomic mass is 32.1. The first-order valence-corrected chi connectivity index (χ1v) is 7.03. The molecule has 6 heteroatoms. The highest BCUT2D eigenvalue weighted by Gasteiger charge is 2.31. The summed E-state index contributed by atoms with van der Waals surface area (Å²) in [5, 5.41) is 0. The van der Waals surface area contributed by atoms with E-state index in [4.69, 9.17) is 0 Å². The van der Waals surface area contributed by atoms with Gasteiger partial charge in [0.25, 0.3) is 0 Å². The van der Waals surface area contributed by atoms with E-state index in [2.05, 4.69) is 0 Å². The van der Waals surface area contributed by atoms with Crippen molar-refractivity contribution in [2.45, 2.75) is 20.0 Å². The highest BCUT2D eigenvalue weighted by molar-refractivity contribution is 7.17. The molecule has 112 valence electrons. The normalized spacial score (nSPS) is 12.0. The van der Waals surface area contributed by atoms with Crippen LogP contribution in [0.2, 0.25) is 0 Å². The van der Waals surface area contributed by atoms with E-state index in [1.54, 1.807) is 13.8 Å². The molecule has 0 spiro atoms. The molecule has 2 aromatic rings. The Morgan fingerprint density at radius 2 is 1.81 bits per heavy atom. The monoisotopic (exact) mass is 316 g/mol. The van der Waals surface area contributed by atoms with E-state index in [9.17, 15) is 22.4 Å². The molecule has 0 aliphatic rings. The average Bonchev–Trinajstić information content (AvgIpc) is 2.86. The van der Waals surface area contributed by atoms with Crippen LogP contribution >= 0.6 is 11.3 Å². The number of carbonyl (C=O) groups is 1. The molecule has 0 N–H and O–H groups in total. The van der Waals surface area contributed by atoms with Crippen molar-refractivity contribution in [3.05, 3.63) is 46.6 Å². The second-order valence-corrected chi connectivity index (χ2v) is 5.96. The number of hydrogen-bond acceptors (Lipinski definition) is 2. The van der Waals surface area contributed by atoms with Crippen LogP contribution in [0, 0.1) is 11.7 Å². The van der Waals surface area contributed by atoms with Gasteiger partial charge in [0.05, 0.1) is 10.4 Å². The summed E-state index contributed by atoms with van der Waals surface area (Å²) in [7, 11) is 0. The number of alkyl halides is 3. The molecule has 0 fully saturated rings. The third-order valence-electron chi connectivity index (χ3n) is 2.93. The summed E-state index contributed by atoms with van der Waals surface area (Å²) in [6.45, 7) is 3.46. The smallest absolute Gasteiger partial charge is 0.293 e. The van der Waals surface area contributed by atoms with Gasteiger partial charge in [0.2, 0.25) is 0 Å². The van der Waals surface area contributed by atoms with Crippen LogP contribution in [-0.2, 0) is 6.18 Å². The van der Waals surface area contributed by atoms with Crippen molar-refractivity contribution >= 4 is 17.1 Å². The van der Waals surface area contributed by atoms with Gasteiger partial charge in [0.1, 0.15) is 5.82 Å². The van der Waals surface area contributed by atoms with E-state index in [-0.39, 0.29) is 17.3 Å². The third-order valence-corrected chi connectivity index (χ3v) is 4.07. The molecular formula is C15H12F4OS. The van der Waals surface area contributed by atoms with Crippen LogP contribution in [0.15, 0.2) is 30.3 Å². The highest BCUT2D eigenvalue weighted by Crippen LogP contribution is 2.36. The minimum atomic E-state index is -4.53. The SMILES string of the molecule is CC(C)C(=O)c1ccc(-c2cc(C(F)(F)F)ccc2F)s1. The predicted octanol–water partition coefficient (Wildman–Crippen LogP) is 5.41. The molecule has 1 nitrogen and oxygen atoms in total. The fraction of sp³-hybridized carbons (Fsp3) is 0.267. The molecule has 0 saturated carbocycles. The maximum Gasteiger partial charge on any atom is 0.416 e. The second-order valence-electron chi connectivity index (χ2n) is 4.88. The Hall–Kier alpha value is -1.69. The molecule has 0 atom stereocenters. The minimum absolute atomic E-state index is 0.112. The number of benzene rings is 1. The van der Waals surface area contributed by atoms with E-state index in [1.807, 2.05) is 0 Å². The fourth-order valence-electron chi connectivity index (χ4n) is 1.79. The molecule has 0 bridgehead atoms. The van der Waals surface area contributed by atoms with Crippen LogP contribution in [-0.4, -0.2) is 5.78 Å². The van der Waals surface area contributed by atoms with Gasteiger partial charge >= 0.3 is 6.18 Å². The van der Waals surface area contributed by atoms with Crippen LogP contribution < -0.4 is 0 Å². The van der Waals surface area contributed by atoms with E-state index in [0.29, 0.717) is 15.8 Å². The van der Waals surface area contributed by atoms with Crippen molar-refractivity contribution in [2.75, 3.05) is 0 Å². The van der Waals surface area contributed by atoms with E-state index in [0.717, 1.165) is 23.5 Å². The number of ketones is 1. The van der Waals surface area contributed by atoms with Crippen molar-refractivity contribution in [1.82, 2.24) is 0 Å². The minimum Gasteiger partial charge on any atom is -0.293 e. The number of halogens is 4. The molecular weight excluding hydrogens is 304 g/mol. The molecule has 2 rings (SSSR count). The standard InChI is InChI=1S/C15H12F4OS/c1-8(2)14(20)13-6-5-12(21-13)10-7-9(15(17,18)19)3-4-11(10)16/h3-8H,1-2H3. The van der Waals surface area contributed by atoms with Gasteiger partial charge in [-0.25, -0.2) is 4.39 Å². The van der Waals surface area contributed by atoms with Gasteiger partial charge in [-0.3, -0.25) is 4.79 Å². The summed E-state index contributed by atoms with van der Waals surface area (Å²) in [6.07, 6.45) is -4.53. The zero-order valence-electron chi connectivity index (χ0n) is 11.3. The first-order valence-electron chi connectivity index (χ1n) is 6.21. The molecule has 1 aromatic heterocycles. The number of Topliss-reactive ketones (excluding diaryl/α,β-unsaturated/α-hetero) is 1. The Balaban J connectivity index is 2.45. The lowest BCUT2D eigenvalue weighted by Gasteiger charge is -2.08. The first-order chi connectivity index (χ1) is 9.70. The molecule has 21 heavy (non-hydrogen) atoms. The Morgan fingerprint density at radius 3 is 2.38 bits per heavy atom. The molecule has 0 unspecified atom stereocenters. The summed E-state index contributed by atoms with van der Waals surface area (Å²) in [4.78, 5) is 12.6. The lowest BCUT2D eigenvalue weighted by molar-refractivity contribution is -0.137. The number of hydrogen-bond donors (Lipinski definition) is 0. The van der Waals surface area contributed by atoms with Crippen molar-refractivity contribution < 1.29 is 22.4 Å². The number of carbonyl (C=O) groups excluding carboxylic acids is 1. The van der Waals surface area contributed by atoms with Crippen LogP contribution in [0.3, 0.4) is 0 Å². The average molecular weight is 316 g/mol. The second kappa shape index (κ2) is 5.60. The Kier molecular flexibility index (Phi) is 4.18. The van der Waals surface area contributed by atoms with Gasteiger partial charge < -0.3 is 0 Å². The van der Waals surface area contributed by atoms with Crippen LogP contribution in [0.1, 0.15) is 29.1 Å². The molecule has 1 aromatic carbocycles. The molecule has 0 aliphatic carbocycles. The maximum absolute atomic E-state index is 13.8. The topological polar surface area (TPSA) is 17.1 Å². The van der Waals surface area contributed by atoms with Gasteiger partial charge in [0, 0.05) is 16.4 Å². The van der Waals surface area contributed by atoms with Crippen LogP contribution in [0.25, 0.3) is 10.4 Å². The predicted molar refractivity (Wildman–Crippen MR) is 73.9 cm³/mol. The summed E-state index contributed by atoms with van der Waals surface area (Å²) in [5.74, 6) is -1.07. The van der Waals surface area contributed by atoms with E-state index < -0.39 is 17.6 Å². The molecule has 0 amide bonds. The number of rotatable bonds is 3. The van der Waals surface area contributed by atoms with Gasteiger partial charge in [-0.15, -0.1) is 11.3 Å². The maximum atomic E-state index is 13.8. The number of thiophene rings is 1. The lowest BCUT2D eigenvalue weighted by Crippen LogP contribution is -2.05. The Labute approximate surface area is 123 Å². The molecule has 0 radical (unpaired) electrons.